The van der Waals surface area contributed by atoms with E-state index in [1.165, 1.54) is 4.31 Å². The van der Waals surface area contributed by atoms with E-state index in [1.54, 1.807) is 30.3 Å². The molecule has 2 N–H and O–H groups in total. The number of nitrogens with zero attached hydrogens (tertiary/aromatic N) is 1. The van der Waals surface area contributed by atoms with Gasteiger partial charge in [-0.15, -0.1) is 0 Å². The van der Waals surface area contributed by atoms with Crippen molar-refractivity contribution in [3.05, 3.63) is 66.7 Å². The Morgan fingerprint density at radius 1 is 0.905 bits per heavy atom. The van der Waals surface area contributed by atoms with Crippen LogP contribution in [0.15, 0.2) is 66.7 Å². The molecule has 0 amide bonds. The molecule has 1 unspecified atom stereocenters. The van der Waals surface area contributed by atoms with E-state index in [9.17, 15) is 8.76 Å². The first kappa shape index (κ1) is 13.6. The molecule has 0 spiro atoms. The number of nitrogens with two attached hydrogens (primary N) is 1. The number of nitrogen functional groups attached to an aromatic ring is 1. The number of fused-ring (bicyclic) bond motifs is 1. The average molecular weight is 297 g/mol. The van der Waals surface area contributed by atoms with Crippen LogP contribution in [0.2, 0.25) is 0 Å². The topological polar surface area (TPSA) is 69.4 Å². The predicted octanol–water partition coefficient (Wildman–Crippen LogP) is 3.35. The minimum atomic E-state index is -2.43. The van der Waals surface area contributed by atoms with Gasteiger partial charge in [0.1, 0.15) is 0 Å². The summed E-state index contributed by atoms with van der Waals surface area (Å²) in [5.41, 5.74) is 7.42. The molecular weight excluding hydrogens is 284 g/mol. The quantitative estimate of drug-likeness (QED) is 0.595. The van der Waals surface area contributed by atoms with Crippen LogP contribution in [-0.4, -0.2) is 8.76 Å². The van der Waals surface area contributed by atoms with E-state index in [2.05, 4.69) is 0 Å². The summed E-state index contributed by atoms with van der Waals surface area (Å²) in [6, 6.07) is 20.0. The standard InChI is InChI=1S/C16H14N2O2S/c17-13-8-10-14(11-9-13)18(21(19)20)16-7-3-5-12-4-1-2-6-15(12)16/h1-11H,17H2,(H,19,20)/p-1. The summed E-state index contributed by atoms with van der Waals surface area (Å²) < 4.78 is 24.7. The van der Waals surface area contributed by atoms with E-state index in [0.717, 1.165) is 10.8 Å². The summed E-state index contributed by atoms with van der Waals surface area (Å²) in [6.45, 7) is 0. The highest BCUT2D eigenvalue weighted by Crippen LogP contribution is 2.33. The Bertz CT molecular complexity index is 797. The van der Waals surface area contributed by atoms with E-state index in [4.69, 9.17) is 5.73 Å². The molecule has 3 aromatic carbocycles. The molecule has 0 aliphatic rings. The van der Waals surface area contributed by atoms with Gasteiger partial charge in [-0.05, 0) is 35.7 Å². The number of benzene rings is 3. The smallest absolute Gasteiger partial charge is 0.0616 e. The molecule has 3 aromatic rings. The minimum Gasteiger partial charge on any atom is -0.755 e. The van der Waals surface area contributed by atoms with Crippen molar-refractivity contribution in [2.24, 2.45) is 0 Å². The average Bonchev–Trinajstić information content (AvgIpc) is 2.49. The molecule has 0 aliphatic carbocycles. The monoisotopic (exact) mass is 297 g/mol. The molecular formula is C16H13N2O2S-. The largest absolute Gasteiger partial charge is 0.755 e. The molecule has 21 heavy (non-hydrogen) atoms. The highest BCUT2D eigenvalue weighted by Gasteiger charge is 2.13. The molecule has 0 saturated heterocycles. The Morgan fingerprint density at radius 3 is 2.29 bits per heavy atom. The van der Waals surface area contributed by atoms with Crippen LogP contribution in [0.4, 0.5) is 17.1 Å². The van der Waals surface area contributed by atoms with Crippen LogP contribution < -0.4 is 10.0 Å². The summed E-state index contributed by atoms with van der Waals surface area (Å²) in [5.74, 6) is 0. The van der Waals surface area contributed by atoms with Crippen LogP contribution in [0.5, 0.6) is 0 Å². The fourth-order valence-electron chi connectivity index (χ4n) is 2.30. The van der Waals surface area contributed by atoms with Crippen LogP contribution in [0.3, 0.4) is 0 Å². The molecule has 1 atom stereocenters. The van der Waals surface area contributed by atoms with Crippen molar-refractivity contribution in [2.75, 3.05) is 10.0 Å². The summed E-state index contributed by atoms with van der Waals surface area (Å²) in [7, 11) is 0. The Morgan fingerprint density at radius 2 is 1.57 bits per heavy atom. The van der Waals surface area contributed by atoms with E-state index in [0.29, 0.717) is 17.1 Å². The fraction of sp³-hybridized carbons (Fsp3) is 0. The maximum atomic E-state index is 11.7. The lowest BCUT2D eigenvalue weighted by Gasteiger charge is -2.27. The first-order valence-corrected chi connectivity index (χ1v) is 7.43. The summed E-state index contributed by atoms with van der Waals surface area (Å²) in [5, 5.41) is 1.86. The van der Waals surface area contributed by atoms with E-state index in [-0.39, 0.29) is 0 Å². The van der Waals surface area contributed by atoms with Crippen LogP contribution in [-0.2, 0) is 11.3 Å². The molecule has 0 aromatic heterocycles. The second-order valence-electron chi connectivity index (χ2n) is 4.60. The molecule has 5 heteroatoms. The van der Waals surface area contributed by atoms with Crippen molar-refractivity contribution >= 4 is 39.1 Å². The highest BCUT2D eigenvalue weighted by molar-refractivity contribution is 7.81. The third kappa shape index (κ3) is 2.61. The second-order valence-corrected chi connectivity index (χ2v) is 5.40. The SMILES string of the molecule is Nc1ccc(N(c2cccc3ccccc23)S(=O)[O-])cc1. The van der Waals surface area contributed by atoms with Crippen LogP contribution in [0.1, 0.15) is 0 Å². The maximum absolute atomic E-state index is 11.7. The van der Waals surface area contributed by atoms with Gasteiger partial charge in [0.2, 0.25) is 0 Å². The molecule has 4 nitrogen and oxygen atoms in total. The number of rotatable bonds is 3. The normalized spacial score (nSPS) is 12.2. The van der Waals surface area contributed by atoms with Crippen molar-refractivity contribution in [2.45, 2.75) is 0 Å². The maximum Gasteiger partial charge on any atom is 0.0616 e. The first-order valence-electron chi connectivity index (χ1n) is 6.39. The number of anilines is 3. The third-order valence-electron chi connectivity index (χ3n) is 3.26. The Hall–Kier alpha value is -2.37. The molecule has 0 radical (unpaired) electrons. The summed E-state index contributed by atoms with van der Waals surface area (Å²) >= 11 is -2.43. The zero-order valence-electron chi connectivity index (χ0n) is 11.1. The van der Waals surface area contributed by atoms with Crippen molar-refractivity contribution in [1.82, 2.24) is 0 Å². The van der Waals surface area contributed by atoms with Crippen LogP contribution in [0.25, 0.3) is 10.8 Å². The number of hydrogen-bond donors (Lipinski definition) is 1. The molecule has 0 fully saturated rings. The van der Waals surface area contributed by atoms with Gasteiger partial charge in [0.15, 0.2) is 0 Å². The van der Waals surface area contributed by atoms with Crippen molar-refractivity contribution < 1.29 is 8.76 Å². The second kappa shape index (κ2) is 5.55. The Kier molecular flexibility index (Phi) is 3.60. The van der Waals surface area contributed by atoms with Gasteiger partial charge in [-0.3, -0.25) is 8.51 Å². The molecule has 0 bridgehead atoms. The lowest BCUT2D eigenvalue weighted by atomic mass is 10.1. The Labute approximate surface area is 125 Å². The van der Waals surface area contributed by atoms with Crippen molar-refractivity contribution in [3.8, 4) is 0 Å². The molecule has 106 valence electrons. The van der Waals surface area contributed by atoms with E-state index in [1.807, 2.05) is 36.4 Å². The van der Waals surface area contributed by atoms with Gasteiger partial charge in [-0.25, -0.2) is 0 Å². The van der Waals surface area contributed by atoms with Crippen molar-refractivity contribution in [1.29, 1.82) is 0 Å². The minimum absolute atomic E-state index is 0.550. The first-order chi connectivity index (χ1) is 10.2. The molecule has 0 heterocycles. The van der Waals surface area contributed by atoms with Gasteiger partial charge >= 0.3 is 0 Å². The zero-order valence-corrected chi connectivity index (χ0v) is 11.9. The van der Waals surface area contributed by atoms with E-state index < -0.39 is 11.3 Å². The Balaban J connectivity index is 2.21. The molecule has 3 rings (SSSR count). The molecule has 0 saturated carbocycles. The summed E-state index contributed by atoms with van der Waals surface area (Å²) in [6.07, 6.45) is 0. The lowest BCUT2D eigenvalue weighted by molar-refractivity contribution is 0.537. The van der Waals surface area contributed by atoms with Crippen LogP contribution >= 0.6 is 0 Å². The zero-order chi connectivity index (χ0) is 14.8. The van der Waals surface area contributed by atoms with Gasteiger partial charge in [0.25, 0.3) is 0 Å². The summed E-state index contributed by atoms with van der Waals surface area (Å²) in [4.78, 5) is 0. The van der Waals surface area contributed by atoms with Gasteiger partial charge in [-0.2, -0.15) is 0 Å². The van der Waals surface area contributed by atoms with Crippen LogP contribution in [0, 0.1) is 0 Å². The predicted molar refractivity (Wildman–Crippen MR) is 85.9 cm³/mol. The van der Waals surface area contributed by atoms with Gasteiger partial charge < -0.3 is 10.3 Å². The molecule has 0 aliphatic heterocycles. The van der Waals surface area contributed by atoms with Gasteiger partial charge in [-0.1, -0.05) is 36.4 Å². The fourth-order valence-corrected chi connectivity index (χ4v) is 2.91. The van der Waals surface area contributed by atoms with Gasteiger partial charge in [0.05, 0.1) is 22.6 Å². The van der Waals surface area contributed by atoms with Gasteiger partial charge in [0, 0.05) is 11.1 Å². The number of hydrogen-bond acceptors (Lipinski definition) is 3. The van der Waals surface area contributed by atoms with Crippen molar-refractivity contribution in [3.63, 3.8) is 0 Å². The third-order valence-corrected chi connectivity index (χ3v) is 3.97. The highest BCUT2D eigenvalue weighted by atomic mass is 32.2. The van der Waals surface area contributed by atoms with E-state index >= 15 is 0 Å². The lowest BCUT2D eigenvalue weighted by Crippen LogP contribution is -2.19.